The highest BCUT2D eigenvalue weighted by atomic mass is 15.1. The fourth-order valence-electron chi connectivity index (χ4n) is 4.12. The van der Waals surface area contributed by atoms with E-state index in [2.05, 4.69) is 89.3 Å². The first-order valence-corrected chi connectivity index (χ1v) is 10.6. The van der Waals surface area contributed by atoms with Gasteiger partial charge in [-0.05, 0) is 30.8 Å². The maximum absolute atomic E-state index is 4.76. The summed E-state index contributed by atoms with van der Waals surface area (Å²) in [5.74, 6) is 0. The first kappa shape index (κ1) is 19.6. The Morgan fingerprint density at radius 3 is 2.45 bits per heavy atom. The molecular weight excluding hydrogens is 356 g/mol. The van der Waals surface area contributed by atoms with Gasteiger partial charge in [-0.2, -0.15) is 0 Å². The molecule has 0 saturated heterocycles. The molecule has 0 bridgehead atoms. The lowest BCUT2D eigenvalue weighted by atomic mass is 10.1. The van der Waals surface area contributed by atoms with E-state index in [1.165, 1.54) is 27.4 Å². The summed E-state index contributed by atoms with van der Waals surface area (Å²) >= 11 is 0. The number of rotatable bonds is 9. The Balaban J connectivity index is 1.68. The van der Waals surface area contributed by atoms with Crippen molar-refractivity contribution in [1.82, 2.24) is 19.8 Å². The number of fused-ring (bicyclic) bond motifs is 3. The van der Waals surface area contributed by atoms with Crippen molar-refractivity contribution in [2.45, 2.75) is 26.9 Å². The van der Waals surface area contributed by atoms with Crippen LogP contribution in [0.4, 0.5) is 0 Å². The van der Waals surface area contributed by atoms with Gasteiger partial charge in [0.05, 0.1) is 11.2 Å². The molecule has 4 rings (SSSR count). The van der Waals surface area contributed by atoms with Gasteiger partial charge in [0.15, 0.2) is 0 Å². The molecule has 0 aliphatic carbocycles. The first-order chi connectivity index (χ1) is 14.3. The predicted molar refractivity (Wildman–Crippen MR) is 122 cm³/mol. The molecule has 0 saturated carbocycles. The molecule has 4 nitrogen and oxygen atoms in total. The normalized spacial score (nSPS) is 11.7. The van der Waals surface area contributed by atoms with Gasteiger partial charge in [-0.1, -0.05) is 62.4 Å². The highest BCUT2D eigenvalue weighted by Crippen LogP contribution is 2.31. The molecule has 0 atom stereocenters. The zero-order valence-corrected chi connectivity index (χ0v) is 17.4. The molecule has 0 amide bonds. The third kappa shape index (κ3) is 4.19. The zero-order chi connectivity index (χ0) is 20.1. The largest absolute Gasteiger partial charge is 0.334 e. The second kappa shape index (κ2) is 9.21. The molecule has 0 aliphatic rings. The number of benzene rings is 2. The Morgan fingerprint density at radius 1 is 0.897 bits per heavy atom. The van der Waals surface area contributed by atoms with Crippen molar-refractivity contribution in [3.63, 3.8) is 0 Å². The van der Waals surface area contributed by atoms with Crippen LogP contribution in [0.15, 0.2) is 66.9 Å². The molecule has 2 heterocycles. The monoisotopic (exact) mass is 386 g/mol. The van der Waals surface area contributed by atoms with E-state index < -0.39 is 0 Å². The topological polar surface area (TPSA) is 33.1 Å². The fraction of sp³-hybridized carbons (Fsp3) is 0.320. The standard InChI is InChI=1S/C25H30N4/c1-3-28(4-2)17-16-26-18-23-25-22(14-15-27-23)21-12-8-9-13-24(21)29(25)19-20-10-6-5-7-11-20/h5-15,26H,3-4,16-19H2,1-2H3. The average Bonchev–Trinajstić information content (AvgIpc) is 3.09. The minimum atomic E-state index is 0.781. The van der Waals surface area contributed by atoms with Crippen LogP contribution in [0.25, 0.3) is 21.8 Å². The van der Waals surface area contributed by atoms with Gasteiger partial charge >= 0.3 is 0 Å². The van der Waals surface area contributed by atoms with Crippen molar-refractivity contribution in [1.29, 1.82) is 0 Å². The molecule has 4 heteroatoms. The van der Waals surface area contributed by atoms with Gasteiger partial charge in [0.2, 0.25) is 0 Å². The van der Waals surface area contributed by atoms with Crippen molar-refractivity contribution in [3.8, 4) is 0 Å². The zero-order valence-electron chi connectivity index (χ0n) is 17.4. The summed E-state index contributed by atoms with van der Waals surface area (Å²) in [7, 11) is 0. The lowest BCUT2D eigenvalue weighted by molar-refractivity contribution is 0.302. The van der Waals surface area contributed by atoms with Gasteiger partial charge < -0.3 is 14.8 Å². The van der Waals surface area contributed by atoms with Crippen molar-refractivity contribution >= 4 is 21.8 Å². The predicted octanol–water partition coefficient (Wildman–Crippen LogP) is 4.67. The Labute approximate surface area is 173 Å². The number of hydrogen-bond acceptors (Lipinski definition) is 3. The van der Waals surface area contributed by atoms with Gasteiger partial charge in [0, 0.05) is 48.7 Å². The second-order valence-electron chi connectivity index (χ2n) is 7.45. The van der Waals surface area contributed by atoms with Gasteiger partial charge in [-0.15, -0.1) is 0 Å². The number of hydrogen-bond donors (Lipinski definition) is 1. The van der Waals surface area contributed by atoms with Crippen LogP contribution in [0.1, 0.15) is 25.1 Å². The summed E-state index contributed by atoms with van der Waals surface area (Å²) in [5.41, 5.74) is 4.94. The number of likely N-dealkylation sites (N-methyl/N-ethyl adjacent to an activating group) is 1. The molecule has 2 aromatic carbocycles. The summed E-state index contributed by atoms with van der Waals surface area (Å²) in [5, 5.41) is 6.19. The van der Waals surface area contributed by atoms with E-state index in [0.717, 1.165) is 45.0 Å². The minimum absolute atomic E-state index is 0.781. The lowest BCUT2D eigenvalue weighted by Crippen LogP contribution is -2.31. The quantitative estimate of drug-likeness (QED) is 0.424. The summed E-state index contributed by atoms with van der Waals surface area (Å²) < 4.78 is 2.43. The van der Waals surface area contributed by atoms with E-state index in [0.29, 0.717) is 0 Å². The molecule has 0 aliphatic heterocycles. The molecule has 0 spiro atoms. The van der Waals surface area contributed by atoms with E-state index in [1.807, 2.05) is 6.20 Å². The SMILES string of the molecule is CCN(CC)CCNCc1nccc2c3ccccc3n(Cc3ccccc3)c12. The molecule has 0 unspecified atom stereocenters. The van der Waals surface area contributed by atoms with Crippen LogP contribution in [-0.4, -0.2) is 40.6 Å². The summed E-state index contributed by atoms with van der Waals surface area (Å²) in [6, 6.07) is 21.5. The van der Waals surface area contributed by atoms with Crippen molar-refractivity contribution < 1.29 is 0 Å². The van der Waals surface area contributed by atoms with E-state index in [9.17, 15) is 0 Å². The smallest absolute Gasteiger partial charge is 0.0784 e. The van der Waals surface area contributed by atoms with Crippen molar-refractivity contribution in [2.75, 3.05) is 26.2 Å². The van der Waals surface area contributed by atoms with Crippen LogP contribution in [0.5, 0.6) is 0 Å². The van der Waals surface area contributed by atoms with E-state index in [-0.39, 0.29) is 0 Å². The first-order valence-electron chi connectivity index (χ1n) is 10.6. The van der Waals surface area contributed by atoms with E-state index in [1.54, 1.807) is 0 Å². The summed E-state index contributed by atoms with van der Waals surface area (Å²) in [6.45, 7) is 10.3. The Bertz CT molecular complexity index is 1060. The molecule has 29 heavy (non-hydrogen) atoms. The van der Waals surface area contributed by atoms with Crippen LogP contribution < -0.4 is 5.32 Å². The van der Waals surface area contributed by atoms with Crippen LogP contribution in [0.3, 0.4) is 0 Å². The Morgan fingerprint density at radius 2 is 1.66 bits per heavy atom. The molecule has 1 N–H and O–H groups in total. The molecule has 4 aromatic rings. The van der Waals surface area contributed by atoms with Crippen molar-refractivity contribution in [3.05, 3.63) is 78.1 Å². The number of pyridine rings is 1. The van der Waals surface area contributed by atoms with Gasteiger partial charge in [-0.3, -0.25) is 4.98 Å². The molecule has 0 radical (unpaired) electrons. The van der Waals surface area contributed by atoms with Crippen LogP contribution >= 0.6 is 0 Å². The van der Waals surface area contributed by atoms with Crippen molar-refractivity contribution in [2.24, 2.45) is 0 Å². The van der Waals surface area contributed by atoms with Crippen LogP contribution in [0.2, 0.25) is 0 Å². The van der Waals surface area contributed by atoms with Crippen LogP contribution in [-0.2, 0) is 13.1 Å². The molecule has 150 valence electrons. The van der Waals surface area contributed by atoms with Crippen LogP contribution in [0, 0.1) is 0 Å². The highest BCUT2D eigenvalue weighted by Gasteiger charge is 2.14. The lowest BCUT2D eigenvalue weighted by Gasteiger charge is -2.18. The maximum atomic E-state index is 4.76. The molecule has 0 fully saturated rings. The average molecular weight is 387 g/mol. The fourth-order valence-corrected chi connectivity index (χ4v) is 4.12. The Kier molecular flexibility index (Phi) is 6.23. The van der Waals surface area contributed by atoms with E-state index in [4.69, 9.17) is 4.98 Å². The van der Waals surface area contributed by atoms with Gasteiger partial charge in [0.1, 0.15) is 0 Å². The second-order valence-corrected chi connectivity index (χ2v) is 7.45. The van der Waals surface area contributed by atoms with Gasteiger partial charge in [0.25, 0.3) is 0 Å². The molecule has 2 aromatic heterocycles. The van der Waals surface area contributed by atoms with Gasteiger partial charge in [-0.25, -0.2) is 0 Å². The highest BCUT2D eigenvalue weighted by molar-refractivity contribution is 6.08. The summed E-state index contributed by atoms with van der Waals surface area (Å²) in [6.07, 6.45) is 1.95. The molecular formula is C25H30N4. The number of aromatic nitrogens is 2. The maximum Gasteiger partial charge on any atom is 0.0784 e. The third-order valence-corrected chi connectivity index (χ3v) is 5.73. The minimum Gasteiger partial charge on any atom is -0.334 e. The summed E-state index contributed by atoms with van der Waals surface area (Å²) in [4.78, 5) is 7.20. The number of nitrogens with one attached hydrogen (secondary N) is 1. The number of nitrogens with zero attached hydrogens (tertiary/aromatic N) is 3. The Hall–Kier alpha value is -2.69. The third-order valence-electron chi connectivity index (χ3n) is 5.73. The van der Waals surface area contributed by atoms with E-state index >= 15 is 0 Å². The number of para-hydroxylation sites is 1.